The van der Waals surface area contributed by atoms with Gasteiger partial charge in [-0.3, -0.25) is 14.9 Å². The first-order chi connectivity index (χ1) is 11.7. The molecule has 0 bridgehead atoms. The molecular formula is C16H16N2O6S. The zero-order valence-corrected chi connectivity index (χ0v) is 14.1. The standard InChI is InChI=1S/C16H16N2O6S/c1-12(16(19)20)17(11-13-6-3-2-4-7-13)25(23,24)15-9-5-8-14(10-15)18(21)22/h2-10,12H,11H2,1H3,(H,19,20). The molecule has 0 aliphatic rings. The van der Waals surface area contributed by atoms with Crippen LogP contribution in [-0.2, 0) is 21.4 Å². The molecule has 2 aromatic rings. The smallest absolute Gasteiger partial charge is 0.321 e. The largest absolute Gasteiger partial charge is 0.480 e. The highest BCUT2D eigenvalue weighted by molar-refractivity contribution is 7.89. The maximum atomic E-state index is 12.9. The summed E-state index contributed by atoms with van der Waals surface area (Å²) in [5.41, 5.74) is 0.216. The highest BCUT2D eigenvalue weighted by Crippen LogP contribution is 2.24. The van der Waals surface area contributed by atoms with Crippen molar-refractivity contribution in [1.82, 2.24) is 4.31 Å². The Morgan fingerprint density at radius 2 is 1.84 bits per heavy atom. The third kappa shape index (κ3) is 4.20. The lowest BCUT2D eigenvalue weighted by atomic mass is 10.2. The van der Waals surface area contributed by atoms with Gasteiger partial charge in [0.05, 0.1) is 9.82 Å². The van der Waals surface area contributed by atoms with Gasteiger partial charge in [0.2, 0.25) is 10.0 Å². The van der Waals surface area contributed by atoms with Gasteiger partial charge in [0, 0.05) is 18.7 Å². The first kappa shape index (κ1) is 18.6. The van der Waals surface area contributed by atoms with E-state index in [1.165, 1.54) is 25.1 Å². The number of non-ortho nitro benzene ring substituents is 1. The predicted octanol–water partition coefficient (Wildman–Crippen LogP) is 2.26. The Balaban J connectivity index is 2.49. The average Bonchev–Trinajstić information content (AvgIpc) is 2.59. The minimum atomic E-state index is -4.25. The molecule has 1 atom stereocenters. The van der Waals surface area contributed by atoms with E-state index in [9.17, 15) is 28.4 Å². The molecule has 0 fully saturated rings. The van der Waals surface area contributed by atoms with Crippen LogP contribution in [0, 0.1) is 10.1 Å². The van der Waals surface area contributed by atoms with E-state index in [1.54, 1.807) is 30.3 Å². The van der Waals surface area contributed by atoms with Crippen molar-refractivity contribution in [3.05, 3.63) is 70.3 Å². The van der Waals surface area contributed by atoms with Crippen molar-refractivity contribution in [2.45, 2.75) is 24.4 Å². The average molecular weight is 364 g/mol. The Morgan fingerprint density at radius 3 is 2.40 bits per heavy atom. The minimum Gasteiger partial charge on any atom is -0.480 e. The fraction of sp³-hybridized carbons (Fsp3) is 0.188. The third-order valence-electron chi connectivity index (χ3n) is 3.61. The van der Waals surface area contributed by atoms with E-state index in [0.29, 0.717) is 5.56 Å². The van der Waals surface area contributed by atoms with E-state index < -0.39 is 27.0 Å². The van der Waals surface area contributed by atoms with Crippen molar-refractivity contribution in [3.63, 3.8) is 0 Å². The Morgan fingerprint density at radius 1 is 1.20 bits per heavy atom. The van der Waals surface area contributed by atoms with Crippen LogP contribution in [0.1, 0.15) is 12.5 Å². The molecule has 0 aliphatic carbocycles. The van der Waals surface area contributed by atoms with E-state index in [2.05, 4.69) is 0 Å². The second-order valence-corrected chi connectivity index (χ2v) is 7.20. The minimum absolute atomic E-state index is 0.167. The van der Waals surface area contributed by atoms with Gasteiger partial charge in [-0.1, -0.05) is 36.4 Å². The zero-order chi connectivity index (χ0) is 18.6. The topological polar surface area (TPSA) is 118 Å². The predicted molar refractivity (Wildman–Crippen MR) is 89.4 cm³/mol. The summed E-state index contributed by atoms with van der Waals surface area (Å²) < 4.78 is 26.6. The van der Waals surface area contributed by atoms with Crippen molar-refractivity contribution in [2.75, 3.05) is 0 Å². The number of nitro groups is 1. The first-order valence-corrected chi connectivity index (χ1v) is 8.70. The molecule has 0 heterocycles. The molecule has 1 unspecified atom stereocenters. The summed E-state index contributed by atoms with van der Waals surface area (Å²) in [6.45, 7) is 1.08. The molecule has 132 valence electrons. The van der Waals surface area contributed by atoms with E-state index >= 15 is 0 Å². The molecule has 9 heteroatoms. The van der Waals surface area contributed by atoms with Gasteiger partial charge in [-0.05, 0) is 18.6 Å². The number of nitro benzene ring substituents is 1. The monoisotopic (exact) mass is 364 g/mol. The molecule has 0 aromatic heterocycles. The Bertz CT molecular complexity index is 883. The van der Waals surface area contributed by atoms with E-state index in [0.717, 1.165) is 10.4 Å². The highest BCUT2D eigenvalue weighted by Gasteiger charge is 2.33. The maximum absolute atomic E-state index is 12.9. The van der Waals surface area contributed by atoms with E-state index in [4.69, 9.17) is 0 Å². The zero-order valence-electron chi connectivity index (χ0n) is 13.3. The van der Waals surface area contributed by atoms with Crippen LogP contribution < -0.4 is 0 Å². The van der Waals surface area contributed by atoms with Crippen molar-refractivity contribution in [3.8, 4) is 0 Å². The lowest BCUT2D eigenvalue weighted by Gasteiger charge is -2.25. The van der Waals surface area contributed by atoms with Crippen LogP contribution in [0.25, 0.3) is 0 Å². The summed E-state index contributed by atoms with van der Waals surface area (Å²) in [5, 5.41) is 20.2. The van der Waals surface area contributed by atoms with Gasteiger partial charge < -0.3 is 5.11 Å². The first-order valence-electron chi connectivity index (χ1n) is 7.26. The van der Waals surface area contributed by atoms with E-state index in [-0.39, 0.29) is 17.1 Å². The summed E-state index contributed by atoms with van der Waals surface area (Å²) in [6.07, 6.45) is 0. The number of rotatable bonds is 7. The number of hydrogen-bond acceptors (Lipinski definition) is 5. The summed E-state index contributed by atoms with van der Waals surface area (Å²) in [7, 11) is -4.25. The summed E-state index contributed by atoms with van der Waals surface area (Å²) in [5.74, 6) is -1.31. The van der Waals surface area contributed by atoms with Crippen LogP contribution in [0.2, 0.25) is 0 Å². The quantitative estimate of drug-likeness (QED) is 0.595. The van der Waals surface area contributed by atoms with Crippen molar-refractivity contribution in [1.29, 1.82) is 0 Å². The molecule has 8 nitrogen and oxygen atoms in total. The molecule has 0 spiro atoms. The lowest BCUT2D eigenvalue weighted by molar-refractivity contribution is -0.385. The number of carboxylic acid groups (broad SMARTS) is 1. The number of hydrogen-bond donors (Lipinski definition) is 1. The molecule has 25 heavy (non-hydrogen) atoms. The number of sulfonamides is 1. The van der Waals surface area contributed by atoms with Crippen molar-refractivity contribution < 1.29 is 23.2 Å². The van der Waals surface area contributed by atoms with Gasteiger partial charge in [0.25, 0.3) is 5.69 Å². The second-order valence-electron chi connectivity index (χ2n) is 5.30. The second kappa shape index (κ2) is 7.41. The fourth-order valence-corrected chi connectivity index (χ4v) is 3.83. The fourth-order valence-electron chi connectivity index (χ4n) is 2.21. The van der Waals surface area contributed by atoms with Gasteiger partial charge in [-0.15, -0.1) is 0 Å². The molecule has 0 aliphatic heterocycles. The van der Waals surface area contributed by atoms with Gasteiger partial charge in [0.1, 0.15) is 6.04 Å². The van der Waals surface area contributed by atoms with Gasteiger partial charge >= 0.3 is 5.97 Å². The number of carbonyl (C=O) groups is 1. The maximum Gasteiger partial charge on any atom is 0.321 e. The van der Waals surface area contributed by atoms with Crippen LogP contribution in [0.15, 0.2) is 59.5 Å². The summed E-state index contributed by atoms with van der Waals surface area (Å²) >= 11 is 0. The van der Waals surface area contributed by atoms with Gasteiger partial charge in [0.15, 0.2) is 0 Å². The SMILES string of the molecule is CC(C(=O)O)N(Cc1ccccc1)S(=O)(=O)c1cccc([N+](=O)[O-])c1. The highest BCUT2D eigenvalue weighted by atomic mass is 32.2. The summed E-state index contributed by atoms with van der Waals surface area (Å²) in [4.78, 5) is 21.2. The Hall–Kier alpha value is -2.78. The number of nitrogens with zero attached hydrogens (tertiary/aromatic N) is 2. The molecule has 0 radical (unpaired) electrons. The molecule has 1 N–H and O–H groups in total. The lowest BCUT2D eigenvalue weighted by Crippen LogP contribution is -2.42. The molecule has 2 rings (SSSR count). The van der Waals surface area contributed by atoms with Crippen LogP contribution in [0.3, 0.4) is 0 Å². The van der Waals surface area contributed by atoms with Crippen molar-refractivity contribution >= 4 is 21.7 Å². The van der Waals surface area contributed by atoms with Crippen molar-refractivity contribution in [2.24, 2.45) is 0 Å². The number of aliphatic carboxylic acids is 1. The van der Waals surface area contributed by atoms with Crippen LogP contribution in [0.4, 0.5) is 5.69 Å². The molecular weight excluding hydrogens is 348 g/mol. The molecule has 0 saturated carbocycles. The Labute approximate surface area is 144 Å². The molecule has 0 saturated heterocycles. The van der Waals surface area contributed by atoms with Gasteiger partial charge in [-0.2, -0.15) is 4.31 Å². The summed E-state index contributed by atoms with van der Waals surface area (Å²) in [6, 6.07) is 11.7. The molecule has 2 aromatic carbocycles. The van der Waals surface area contributed by atoms with Gasteiger partial charge in [-0.25, -0.2) is 8.42 Å². The Kier molecular flexibility index (Phi) is 5.50. The van der Waals surface area contributed by atoms with E-state index in [1.807, 2.05) is 0 Å². The third-order valence-corrected chi connectivity index (χ3v) is 5.52. The van der Waals surface area contributed by atoms with Crippen LogP contribution >= 0.6 is 0 Å². The number of benzene rings is 2. The van der Waals surface area contributed by atoms with Crippen LogP contribution in [0.5, 0.6) is 0 Å². The molecule has 0 amide bonds. The number of carboxylic acids is 1. The van der Waals surface area contributed by atoms with Crippen LogP contribution in [-0.4, -0.2) is 34.8 Å². The normalized spacial score (nSPS) is 12.7.